The molecule has 0 radical (unpaired) electrons. The Morgan fingerprint density at radius 3 is 2.48 bits per heavy atom. The second-order valence-corrected chi connectivity index (χ2v) is 8.52. The molecule has 0 unspecified atom stereocenters. The van der Waals surface area contributed by atoms with Crippen molar-refractivity contribution in [3.8, 4) is 5.75 Å². The second-order valence-electron chi connectivity index (χ2n) is 8.52. The third-order valence-corrected chi connectivity index (χ3v) is 6.57. The van der Waals surface area contributed by atoms with Crippen molar-refractivity contribution in [3.05, 3.63) is 30.2 Å². The molecule has 2 aromatic heterocycles. The molecule has 5 rings (SSSR count). The predicted octanol–water partition coefficient (Wildman–Crippen LogP) is 2.35. The van der Waals surface area contributed by atoms with E-state index in [2.05, 4.69) is 30.1 Å². The van der Waals surface area contributed by atoms with Crippen LogP contribution < -0.4 is 19.9 Å². The van der Waals surface area contributed by atoms with Gasteiger partial charge < -0.3 is 24.6 Å². The van der Waals surface area contributed by atoms with Crippen molar-refractivity contribution in [2.24, 2.45) is 5.41 Å². The van der Waals surface area contributed by atoms with Gasteiger partial charge in [0.25, 0.3) is 5.91 Å². The minimum atomic E-state index is -0.316. The molecule has 9 nitrogen and oxygen atoms in total. The summed E-state index contributed by atoms with van der Waals surface area (Å²) in [5.74, 6) is 2.15. The number of aromatic nitrogens is 3. The van der Waals surface area contributed by atoms with E-state index in [0.29, 0.717) is 41.7 Å². The molecular weight excluding hydrogens is 396 g/mol. The summed E-state index contributed by atoms with van der Waals surface area (Å²) in [6.07, 6.45) is 8.19. The van der Waals surface area contributed by atoms with Gasteiger partial charge in [0.05, 0.1) is 20.3 Å². The molecule has 31 heavy (non-hydrogen) atoms. The average Bonchev–Trinajstić information content (AvgIpc) is 3.58. The minimum Gasteiger partial charge on any atom is -0.496 e. The van der Waals surface area contributed by atoms with Crippen LogP contribution in [0.5, 0.6) is 5.75 Å². The van der Waals surface area contributed by atoms with E-state index in [0.717, 1.165) is 44.8 Å². The molecule has 2 saturated heterocycles. The lowest BCUT2D eigenvalue weighted by atomic mass is 9.94. The van der Waals surface area contributed by atoms with Gasteiger partial charge in [-0.3, -0.25) is 4.79 Å². The number of amides is 1. The molecule has 1 N–H and O–H groups in total. The maximum Gasteiger partial charge on any atom is 0.279 e. The van der Waals surface area contributed by atoms with Gasteiger partial charge in [-0.1, -0.05) is 0 Å². The van der Waals surface area contributed by atoms with Crippen molar-refractivity contribution in [2.75, 3.05) is 61.6 Å². The Morgan fingerprint density at radius 2 is 1.77 bits per heavy atom. The fourth-order valence-corrected chi connectivity index (χ4v) is 4.40. The largest absolute Gasteiger partial charge is 0.496 e. The maximum absolute atomic E-state index is 13.1. The summed E-state index contributed by atoms with van der Waals surface area (Å²) < 4.78 is 10.9. The van der Waals surface area contributed by atoms with Gasteiger partial charge >= 0.3 is 0 Å². The molecular formula is C22H28N6O3. The van der Waals surface area contributed by atoms with Crippen LogP contribution in [0.15, 0.2) is 24.5 Å². The van der Waals surface area contributed by atoms with Gasteiger partial charge in [-0.05, 0) is 31.1 Å². The molecule has 164 valence electrons. The van der Waals surface area contributed by atoms with E-state index in [-0.39, 0.29) is 5.91 Å². The quantitative estimate of drug-likeness (QED) is 0.782. The fourth-order valence-electron chi connectivity index (χ4n) is 4.40. The lowest BCUT2D eigenvalue weighted by Crippen LogP contribution is -2.37. The fraction of sp³-hybridized carbons (Fsp3) is 0.545. The Bertz CT molecular complexity index is 948. The number of nitrogens with one attached hydrogen (secondary N) is 1. The standard InChI is InChI=1S/C22H28N6O3/c1-30-16-14-17(25-18(15-16)27-10-12-31-13-11-27)26-21(29)19-20(24-7-6-23-19)28-8-4-22(2-3-22)5-9-28/h6-7,14-15H,2-5,8-13H2,1H3,(H,25,26,29). The van der Waals surface area contributed by atoms with Crippen LogP contribution in [0.1, 0.15) is 36.2 Å². The molecule has 3 fully saturated rings. The zero-order valence-electron chi connectivity index (χ0n) is 17.8. The Kier molecular flexibility index (Phi) is 5.35. The summed E-state index contributed by atoms with van der Waals surface area (Å²) >= 11 is 0. The number of nitrogens with zero attached hydrogens (tertiary/aromatic N) is 5. The number of pyridine rings is 1. The van der Waals surface area contributed by atoms with E-state index in [1.54, 1.807) is 25.6 Å². The molecule has 1 aliphatic carbocycles. The zero-order chi connectivity index (χ0) is 21.3. The SMILES string of the molecule is COc1cc(NC(=O)c2nccnc2N2CCC3(CC2)CC3)nc(N2CCOCC2)c1. The topological polar surface area (TPSA) is 92.7 Å². The highest BCUT2D eigenvalue weighted by Crippen LogP contribution is 2.53. The lowest BCUT2D eigenvalue weighted by Gasteiger charge is -2.33. The van der Waals surface area contributed by atoms with E-state index < -0.39 is 0 Å². The van der Waals surface area contributed by atoms with Gasteiger partial charge in [-0.25, -0.2) is 15.0 Å². The van der Waals surface area contributed by atoms with Crippen LogP contribution in [-0.4, -0.2) is 67.4 Å². The van der Waals surface area contributed by atoms with Crippen LogP contribution in [0.25, 0.3) is 0 Å². The van der Waals surface area contributed by atoms with Crippen molar-refractivity contribution in [1.82, 2.24) is 15.0 Å². The van der Waals surface area contributed by atoms with Gasteiger partial charge in [0.2, 0.25) is 0 Å². The highest BCUT2D eigenvalue weighted by molar-refractivity contribution is 6.05. The number of carbonyl (C=O) groups is 1. The van der Waals surface area contributed by atoms with Crippen molar-refractivity contribution in [3.63, 3.8) is 0 Å². The van der Waals surface area contributed by atoms with Crippen LogP contribution in [0.2, 0.25) is 0 Å². The normalized spacial score (nSPS) is 19.9. The number of hydrogen-bond acceptors (Lipinski definition) is 8. The smallest absolute Gasteiger partial charge is 0.279 e. The number of anilines is 3. The summed E-state index contributed by atoms with van der Waals surface area (Å²) in [5.41, 5.74) is 0.883. The number of piperidine rings is 1. The van der Waals surface area contributed by atoms with Crippen molar-refractivity contribution >= 4 is 23.4 Å². The Balaban J connectivity index is 1.35. The summed E-state index contributed by atoms with van der Waals surface area (Å²) in [4.78, 5) is 30.9. The molecule has 2 aliphatic heterocycles. The van der Waals surface area contributed by atoms with Crippen molar-refractivity contribution in [1.29, 1.82) is 0 Å². The van der Waals surface area contributed by atoms with Crippen molar-refractivity contribution in [2.45, 2.75) is 25.7 Å². The second kappa shape index (κ2) is 8.30. The summed E-state index contributed by atoms with van der Waals surface area (Å²) in [6, 6.07) is 3.59. The first-order valence-corrected chi connectivity index (χ1v) is 10.9. The molecule has 1 amide bonds. The number of ether oxygens (including phenoxy) is 2. The van der Waals surface area contributed by atoms with Crippen LogP contribution in [0, 0.1) is 5.41 Å². The van der Waals surface area contributed by atoms with Crippen molar-refractivity contribution < 1.29 is 14.3 Å². The van der Waals surface area contributed by atoms with E-state index in [9.17, 15) is 4.79 Å². The highest BCUT2D eigenvalue weighted by atomic mass is 16.5. The molecule has 1 saturated carbocycles. The van der Waals surface area contributed by atoms with Gasteiger partial charge in [-0.15, -0.1) is 0 Å². The van der Waals surface area contributed by atoms with Crippen LogP contribution in [-0.2, 0) is 4.74 Å². The Morgan fingerprint density at radius 1 is 1.03 bits per heavy atom. The average molecular weight is 425 g/mol. The predicted molar refractivity (Wildman–Crippen MR) is 117 cm³/mol. The molecule has 9 heteroatoms. The third kappa shape index (κ3) is 4.27. The summed E-state index contributed by atoms with van der Waals surface area (Å²) in [5, 5.41) is 2.90. The van der Waals surface area contributed by atoms with E-state index >= 15 is 0 Å². The molecule has 3 aliphatic rings. The first-order chi connectivity index (χ1) is 15.2. The molecule has 0 atom stereocenters. The molecule has 2 aromatic rings. The van der Waals surface area contributed by atoms with E-state index in [1.165, 1.54) is 12.8 Å². The molecule has 1 spiro atoms. The van der Waals surface area contributed by atoms with Crippen LogP contribution >= 0.6 is 0 Å². The lowest BCUT2D eigenvalue weighted by molar-refractivity contribution is 0.102. The number of morpholine rings is 1. The Labute approximate surface area is 181 Å². The maximum atomic E-state index is 13.1. The first-order valence-electron chi connectivity index (χ1n) is 10.9. The van der Waals surface area contributed by atoms with Crippen LogP contribution in [0.4, 0.5) is 17.5 Å². The minimum absolute atomic E-state index is 0.316. The van der Waals surface area contributed by atoms with Gasteiger partial charge in [0.1, 0.15) is 17.4 Å². The summed E-state index contributed by atoms with van der Waals surface area (Å²) in [6.45, 7) is 4.63. The van der Waals surface area contributed by atoms with E-state index in [1.807, 2.05) is 6.07 Å². The zero-order valence-corrected chi connectivity index (χ0v) is 17.8. The van der Waals surface area contributed by atoms with E-state index in [4.69, 9.17) is 9.47 Å². The van der Waals surface area contributed by atoms with Gasteiger partial charge in [0.15, 0.2) is 11.5 Å². The third-order valence-electron chi connectivity index (χ3n) is 6.57. The monoisotopic (exact) mass is 424 g/mol. The Hall–Kier alpha value is -2.94. The highest BCUT2D eigenvalue weighted by Gasteiger charge is 2.45. The first kappa shape index (κ1) is 20.0. The number of carbonyl (C=O) groups excluding carboxylic acids is 1. The molecule has 0 bridgehead atoms. The number of rotatable bonds is 5. The number of hydrogen-bond donors (Lipinski definition) is 1. The van der Waals surface area contributed by atoms with Gasteiger partial charge in [-0.2, -0.15) is 0 Å². The molecule has 0 aromatic carbocycles. The van der Waals surface area contributed by atoms with Crippen LogP contribution in [0.3, 0.4) is 0 Å². The summed E-state index contributed by atoms with van der Waals surface area (Å²) in [7, 11) is 1.60. The number of methoxy groups -OCH3 is 1. The molecule has 4 heterocycles. The van der Waals surface area contributed by atoms with Gasteiger partial charge in [0, 0.05) is 50.7 Å².